The normalized spacial score (nSPS) is 16.5. The zero-order chi connectivity index (χ0) is 22.7. The van der Waals surface area contributed by atoms with E-state index in [0.717, 1.165) is 12.8 Å². The average Bonchev–Trinajstić information content (AvgIpc) is 3.19. The number of benzene rings is 1. The molecule has 1 N–H and O–H groups in total. The summed E-state index contributed by atoms with van der Waals surface area (Å²) in [7, 11) is 0. The molecule has 2 aliphatic heterocycles. The summed E-state index contributed by atoms with van der Waals surface area (Å²) in [4.78, 5) is 32.6. The predicted octanol–water partition coefficient (Wildman–Crippen LogP) is 4.41. The molecule has 3 amide bonds. The van der Waals surface area contributed by atoms with Crippen molar-refractivity contribution in [2.45, 2.75) is 58.4 Å². The highest BCUT2D eigenvalue weighted by molar-refractivity contribution is 5.89. The topological polar surface area (TPSA) is 84.0 Å². The zero-order valence-electron chi connectivity index (χ0n) is 18.8. The van der Waals surface area contributed by atoms with Crippen LogP contribution in [0.1, 0.15) is 44.7 Å². The molecule has 8 heteroatoms. The standard InChI is InChI=1S/C24H30N4O4/c1-24(2,3)32-23(30)27-12-10-20(11-13-27)31-21-9-8-19(14-25-21)26-22(29)28-15-17-6-4-5-7-18(17)16-28/h4-9,14,20H,10-13,15-16H2,1-3H3,(H,26,29). The first-order valence-electron chi connectivity index (χ1n) is 11.0. The van der Waals surface area contributed by atoms with Gasteiger partial charge in [0.2, 0.25) is 5.88 Å². The minimum absolute atomic E-state index is 0.00951. The van der Waals surface area contributed by atoms with Crippen molar-refractivity contribution in [3.05, 3.63) is 53.7 Å². The first-order chi connectivity index (χ1) is 15.3. The highest BCUT2D eigenvalue weighted by Gasteiger charge is 2.28. The second-order valence-corrected chi connectivity index (χ2v) is 9.22. The summed E-state index contributed by atoms with van der Waals surface area (Å²) in [5, 5.41) is 2.90. The lowest BCUT2D eigenvalue weighted by atomic mass is 10.1. The number of urea groups is 1. The van der Waals surface area contributed by atoms with E-state index in [1.807, 2.05) is 45.0 Å². The highest BCUT2D eigenvalue weighted by atomic mass is 16.6. The Balaban J connectivity index is 1.23. The maximum Gasteiger partial charge on any atom is 0.410 e. The lowest BCUT2D eigenvalue weighted by molar-refractivity contribution is 0.0123. The van der Waals surface area contributed by atoms with Crippen LogP contribution in [0.2, 0.25) is 0 Å². The summed E-state index contributed by atoms with van der Waals surface area (Å²) in [6.45, 7) is 7.99. The van der Waals surface area contributed by atoms with Crippen molar-refractivity contribution in [3.63, 3.8) is 0 Å². The molecule has 0 aliphatic carbocycles. The lowest BCUT2D eigenvalue weighted by Gasteiger charge is -2.33. The fourth-order valence-electron chi connectivity index (χ4n) is 3.86. The third kappa shape index (κ3) is 5.49. The van der Waals surface area contributed by atoms with Gasteiger partial charge in [0.15, 0.2) is 0 Å². The Morgan fingerprint density at radius 3 is 2.22 bits per heavy atom. The molecule has 0 saturated carbocycles. The fraction of sp³-hybridized carbons (Fsp3) is 0.458. The van der Waals surface area contributed by atoms with Crippen LogP contribution >= 0.6 is 0 Å². The van der Waals surface area contributed by atoms with Gasteiger partial charge in [-0.1, -0.05) is 24.3 Å². The number of ether oxygens (including phenoxy) is 2. The van der Waals surface area contributed by atoms with Crippen LogP contribution in [0, 0.1) is 0 Å². The van der Waals surface area contributed by atoms with Gasteiger partial charge in [-0.05, 0) is 38.0 Å². The van der Waals surface area contributed by atoms with Crippen molar-refractivity contribution in [1.82, 2.24) is 14.8 Å². The molecule has 1 aromatic heterocycles. The van der Waals surface area contributed by atoms with Crippen molar-refractivity contribution >= 4 is 17.8 Å². The van der Waals surface area contributed by atoms with Gasteiger partial charge in [0.25, 0.3) is 0 Å². The number of piperidine rings is 1. The van der Waals surface area contributed by atoms with E-state index in [1.54, 1.807) is 28.1 Å². The molecule has 8 nitrogen and oxygen atoms in total. The van der Waals surface area contributed by atoms with E-state index < -0.39 is 5.60 Å². The van der Waals surface area contributed by atoms with Gasteiger partial charge in [-0.25, -0.2) is 14.6 Å². The summed E-state index contributed by atoms with van der Waals surface area (Å²) >= 11 is 0. The molecule has 0 unspecified atom stereocenters. The number of aromatic nitrogens is 1. The van der Waals surface area contributed by atoms with Crippen molar-refractivity contribution in [1.29, 1.82) is 0 Å². The van der Waals surface area contributed by atoms with Crippen LogP contribution in [0.3, 0.4) is 0 Å². The Hall–Kier alpha value is -3.29. The number of anilines is 1. The van der Waals surface area contributed by atoms with Crippen LogP contribution in [-0.4, -0.2) is 51.7 Å². The molecule has 1 aromatic carbocycles. The number of pyridine rings is 1. The molecule has 0 atom stereocenters. The van der Waals surface area contributed by atoms with Gasteiger partial charge in [0.05, 0.1) is 11.9 Å². The number of hydrogen-bond acceptors (Lipinski definition) is 5. The number of fused-ring (bicyclic) bond motifs is 1. The molecular weight excluding hydrogens is 408 g/mol. The highest BCUT2D eigenvalue weighted by Crippen LogP contribution is 2.24. The van der Waals surface area contributed by atoms with Crippen LogP contribution in [0.25, 0.3) is 0 Å². The SMILES string of the molecule is CC(C)(C)OC(=O)N1CCC(Oc2ccc(NC(=O)N3Cc4ccccc4C3)cn2)CC1. The molecule has 0 radical (unpaired) electrons. The molecule has 170 valence electrons. The smallest absolute Gasteiger partial charge is 0.410 e. The Morgan fingerprint density at radius 1 is 1.00 bits per heavy atom. The minimum Gasteiger partial charge on any atom is -0.474 e. The summed E-state index contributed by atoms with van der Waals surface area (Å²) in [5.41, 5.74) is 2.49. The number of likely N-dealkylation sites (tertiary alicyclic amines) is 1. The van der Waals surface area contributed by atoms with Gasteiger partial charge in [0.1, 0.15) is 11.7 Å². The van der Waals surface area contributed by atoms with E-state index in [2.05, 4.69) is 10.3 Å². The van der Waals surface area contributed by atoms with Crippen LogP contribution in [0.4, 0.5) is 15.3 Å². The second kappa shape index (κ2) is 9.06. The number of amides is 3. The zero-order valence-corrected chi connectivity index (χ0v) is 18.8. The summed E-state index contributed by atoms with van der Waals surface area (Å²) in [6.07, 6.45) is 2.75. The van der Waals surface area contributed by atoms with Gasteiger partial charge in [-0.2, -0.15) is 0 Å². The van der Waals surface area contributed by atoms with Crippen molar-refractivity contribution in [3.8, 4) is 5.88 Å². The van der Waals surface area contributed by atoms with E-state index >= 15 is 0 Å². The van der Waals surface area contributed by atoms with Gasteiger partial charge in [-0.3, -0.25) is 0 Å². The predicted molar refractivity (Wildman–Crippen MR) is 120 cm³/mol. The Kier molecular flexibility index (Phi) is 6.21. The number of carbonyl (C=O) groups is 2. The van der Waals surface area contributed by atoms with Crippen LogP contribution in [0.5, 0.6) is 5.88 Å². The first-order valence-corrected chi connectivity index (χ1v) is 11.0. The molecule has 1 fully saturated rings. The third-order valence-electron chi connectivity index (χ3n) is 5.50. The average molecular weight is 439 g/mol. The van der Waals surface area contributed by atoms with E-state index in [4.69, 9.17) is 9.47 Å². The minimum atomic E-state index is -0.496. The maximum absolute atomic E-state index is 12.6. The van der Waals surface area contributed by atoms with Crippen LogP contribution < -0.4 is 10.1 Å². The quantitative estimate of drug-likeness (QED) is 0.768. The summed E-state index contributed by atoms with van der Waals surface area (Å²) in [5.74, 6) is 0.507. The van der Waals surface area contributed by atoms with E-state index in [1.165, 1.54) is 11.1 Å². The van der Waals surface area contributed by atoms with E-state index in [-0.39, 0.29) is 18.2 Å². The number of nitrogens with zero attached hydrogens (tertiary/aromatic N) is 3. The summed E-state index contributed by atoms with van der Waals surface area (Å²) in [6, 6.07) is 11.5. The van der Waals surface area contributed by atoms with Gasteiger partial charge in [0, 0.05) is 45.1 Å². The molecule has 0 bridgehead atoms. The monoisotopic (exact) mass is 438 g/mol. The Bertz CT molecular complexity index is 938. The number of carbonyl (C=O) groups excluding carboxylic acids is 2. The number of hydrogen-bond donors (Lipinski definition) is 1. The van der Waals surface area contributed by atoms with Gasteiger partial charge < -0.3 is 24.6 Å². The number of nitrogens with one attached hydrogen (secondary N) is 1. The van der Waals surface area contributed by atoms with E-state index in [0.29, 0.717) is 37.7 Å². The number of rotatable bonds is 3. The first kappa shape index (κ1) is 21.9. The van der Waals surface area contributed by atoms with Crippen LogP contribution in [-0.2, 0) is 17.8 Å². The Labute approximate surface area is 188 Å². The molecule has 0 spiro atoms. The van der Waals surface area contributed by atoms with Crippen molar-refractivity contribution in [2.75, 3.05) is 18.4 Å². The Morgan fingerprint density at radius 2 is 1.66 bits per heavy atom. The molecule has 2 aromatic rings. The van der Waals surface area contributed by atoms with Gasteiger partial charge >= 0.3 is 12.1 Å². The van der Waals surface area contributed by atoms with E-state index in [9.17, 15) is 9.59 Å². The van der Waals surface area contributed by atoms with Crippen molar-refractivity contribution < 1.29 is 19.1 Å². The summed E-state index contributed by atoms with van der Waals surface area (Å²) < 4.78 is 11.4. The molecule has 1 saturated heterocycles. The fourth-order valence-corrected chi connectivity index (χ4v) is 3.86. The third-order valence-corrected chi connectivity index (χ3v) is 5.50. The molecule has 4 rings (SSSR count). The maximum atomic E-state index is 12.6. The van der Waals surface area contributed by atoms with Gasteiger partial charge in [-0.15, -0.1) is 0 Å². The molecule has 2 aliphatic rings. The second-order valence-electron chi connectivity index (χ2n) is 9.22. The molecule has 32 heavy (non-hydrogen) atoms. The van der Waals surface area contributed by atoms with Crippen molar-refractivity contribution in [2.24, 2.45) is 0 Å². The van der Waals surface area contributed by atoms with Crippen LogP contribution in [0.15, 0.2) is 42.6 Å². The molecular formula is C24H30N4O4. The molecule has 3 heterocycles. The lowest BCUT2D eigenvalue weighted by Crippen LogP contribution is -2.44. The largest absolute Gasteiger partial charge is 0.474 e.